The van der Waals surface area contributed by atoms with Gasteiger partial charge in [-0.1, -0.05) is 18.2 Å². The second-order valence-electron chi connectivity index (χ2n) is 8.04. The highest BCUT2D eigenvalue weighted by Crippen LogP contribution is 2.32. The molecule has 1 amide bonds. The maximum Gasteiger partial charge on any atom is 0.251 e. The van der Waals surface area contributed by atoms with Crippen molar-refractivity contribution in [1.29, 1.82) is 0 Å². The van der Waals surface area contributed by atoms with E-state index < -0.39 is 0 Å². The summed E-state index contributed by atoms with van der Waals surface area (Å²) in [5.41, 5.74) is 9.86. The summed E-state index contributed by atoms with van der Waals surface area (Å²) >= 11 is 0. The molecule has 2 aromatic heterocycles. The molecule has 0 atom stereocenters. The van der Waals surface area contributed by atoms with E-state index in [0.29, 0.717) is 17.8 Å². The molecule has 1 aliphatic rings. The molecule has 2 aromatic carbocycles. The molecule has 3 N–H and O–H groups in total. The number of anilines is 1. The third-order valence-corrected chi connectivity index (χ3v) is 5.93. The largest absolute Gasteiger partial charge is 0.399 e. The molecule has 4 aromatic rings. The molecule has 0 unspecified atom stereocenters. The molecule has 0 bridgehead atoms. The van der Waals surface area contributed by atoms with Gasteiger partial charge in [0.1, 0.15) is 0 Å². The molecule has 6 nitrogen and oxygen atoms in total. The second kappa shape index (κ2) is 8.32. The number of hydrogen-bond donors (Lipinski definition) is 2. The minimum atomic E-state index is -0.0697. The van der Waals surface area contributed by atoms with Crippen LogP contribution in [0.25, 0.3) is 32.9 Å². The van der Waals surface area contributed by atoms with Gasteiger partial charge in [-0.15, -0.1) is 0 Å². The van der Waals surface area contributed by atoms with Crippen molar-refractivity contribution in [3.63, 3.8) is 0 Å². The average molecular weight is 412 g/mol. The number of aromatic nitrogens is 2. The van der Waals surface area contributed by atoms with Crippen molar-refractivity contribution in [1.82, 2.24) is 20.2 Å². The van der Waals surface area contributed by atoms with Gasteiger partial charge in [0.2, 0.25) is 0 Å². The number of amides is 1. The fraction of sp³-hybridized carbons (Fsp3) is 0.240. The molecular formula is C25H25N5O. The van der Waals surface area contributed by atoms with Crippen LogP contribution in [0, 0.1) is 0 Å². The molecular weight excluding hydrogens is 386 g/mol. The van der Waals surface area contributed by atoms with Crippen molar-refractivity contribution < 1.29 is 4.79 Å². The van der Waals surface area contributed by atoms with E-state index in [0.717, 1.165) is 52.6 Å². The van der Waals surface area contributed by atoms with Crippen LogP contribution < -0.4 is 11.1 Å². The standard InChI is InChI=1S/C25H25N5O/c26-19-5-3-4-17(14-19)24-21-8-9-27-16-22(21)20-7-6-18(15-23(20)29-24)25(31)28-10-13-30-11-1-2-12-30/h3-9,14-16H,1-2,10-13,26H2,(H,28,31). The Labute approximate surface area is 181 Å². The molecule has 5 rings (SSSR count). The fourth-order valence-corrected chi connectivity index (χ4v) is 4.33. The Bertz CT molecular complexity index is 1260. The monoisotopic (exact) mass is 411 g/mol. The predicted molar refractivity (Wildman–Crippen MR) is 125 cm³/mol. The lowest BCUT2D eigenvalue weighted by molar-refractivity contribution is 0.0950. The summed E-state index contributed by atoms with van der Waals surface area (Å²) < 4.78 is 0. The molecule has 1 aliphatic heterocycles. The zero-order chi connectivity index (χ0) is 21.2. The summed E-state index contributed by atoms with van der Waals surface area (Å²) in [6, 6.07) is 15.4. The topological polar surface area (TPSA) is 84.1 Å². The van der Waals surface area contributed by atoms with E-state index in [4.69, 9.17) is 10.7 Å². The van der Waals surface area contributed by atoms with E-state index in [-0.39, 0.29) is 5.91 Å². The predicted octanol–water partition coefficient (Wildman–Crippen LogP) is 3.86. The second-order valence-corrected chi connectivity index (χ2v) is 8.04. The fourth-order valence-electron chi connectivity index (χ4n) is 4.33. The third-order valence-electron chi connectivity index (χ3n) is 5.93. The van der Waals surface area contributed by atoms with Crippen molar-refractivity contribution in [2.75, 3.05) is 31.9 Å². The highest BCUT2D eigenvalue weighted by Gasteiger charge is 2.14. The van der Waals surface area contributed by atoms with Crippen LogP contribution in [0.1, 0.15) is 23.2 Å². The molecule has 156 valence electrons. The van der Waals surface area contributed by atoms with Crippen molar-refractivity contribution in [3.8, 4) is 11.3 Å². The molecule has 0 spiro atoms. The summed E-state index contributed by atoms with van der Waals surface area (Å²) in [5.74, 6) is -0.0697. The van der Waals surface area contributed by atoms with Crippen LogP contribution in [0.4, 0.5) is 5.69 Å². The van der Waals surface area contributed by atoms with Gasteiger partial charge in [0.05, 0.1) is 11.2 Å². The number of pyridine rings is 2. The summed E-state index contributed by atoms with van der Waals surface area (Å²) in [6.45, 7) is 3.81. The van der Waals surface area contributed by atoms with Crippen molar-refractivity contribution in [2.24, 2.45) is 0 Å². The lowest BCUT2D eigenvalue weighted by Crippen LogP contribution is -2.33. The van der Waals surface area contributed by atoms with Crippen molar-refractivity contribution in [3.05, 3.63) is 66.5 Å². The van der Waals surface area contributed by atoms with Gasteiger partial charge in [-0.05, 0) is 56.3 Å². The van der Waals surface area contributed by atoms with Crippen molar-refractivity contribution >= 4 is 33.3 Å². The molecule has 3 heterocycles. The number of rotatable bonds is 5. The number of benzene rings is 2. The quantitative estimate of drug-likeness (QED) is 0.385. The Morgan fingerprint density at radius 2 is 1.90 bits per heavy atom. The van der Waals surface area contributed by atoms with E-state index in [1.165, 1.54) is 12.8 Å². The lowest BCUT2D eigenvalue weighted by atomic mass is 10.00. The van der Waals surface area contributed by atoms with Gasteiger partial charge >= 0.3 is 0 Å². The summed E-state index contributed by atoms with van der Waals surface area (Å²) in [6.07, 6.45) is 6.13. The molecule has 0 aliphatic carbocycles. The Morgan fingerprint density at radius 1 is 1.03 bits per heavy atom. The van der Waals surface area contributed by atoms with Crippen LogP contribution in [0.3, 0.4) is 0 Å². The number of likely N-dealkylation sites (tertiary alicyclic amines) is 1. The number of carbonyl (C=O) groups excluding carboxylic acids is 1. The Kier molecular flexibility index (Phi) is 5.22. The van der Waals surface area contributed by atoms with E-state index in [9.17, 15) is 4.79 Å². The van der Waals surface area contributed by atoms with E-state index in [2.05, 4.69) is 15.2 Å². The summed E-state index contributed by atoms with van der Waals surface area (Å²) in [7, 11) is 0. The summed E-state index contributed by atoms with van der Waals surface area (Å²) in [4.78, 5) is 24.4. The van der Waals surface area contributed by atoms with Crippen LogP contribution in [-0.4, -0.2) is 47.0 Å². The van der Waals surface area contributed by atoms with Gasteiger partial charge in [-0.25, -0.2) is 4.98 Å². The van der Waals surface area contributed by atoms with Gasteiger partial charge in [-0.3, -0.25) is 9.78 Å². The van der Waals surface area contributed by atoms with Crippen LogP contribution >= 0.6 is 0 Å². The van der Waals surface area contributed by atoms with E-state index in [1.54, 1.807) is 6.20 Å². The van der Waals surface area contributed by atoms with Gasteiger partial charge in [0.15, 0.2) is 0 Å². The molecule has 1 fully saturated rings. The van der Waals surface area contributed by atoms with E-state index >= 15 is 0 Å². The first-order valence-corrected chi connectivity index (χ1v) is 10.7. The van der Waals surface area contributed by atoms with Crippen molar-refractivity contribution in [2.45, 2.75) is 12.8 Å². The molecule has 0 saturated carbocycles. The zero-order valence-electron chi connectivity index (χ0n) is 17.3. The highest BCUT2D eigenvalue weighted by molar-refractivity contribution is 6.12. The summed E-state index contributed by atoms with van der Waals surface area (Å²) in [5, 5.41) is 6.04. The van der Waals surface area contributed by atoms with Crippen LogP contribution in [0.5, 0.6) is 0 Å². The Morgan fingerprint density at radius 3 is 2.74 bits per heavy atom. The van der Waals surface area contributed by atoms with Gasteiger partial charge in [0, 0.05) is 58.5 Å². The van der Waals surface area contributed by atoms with Gasteiger partial charge in [0.25, 0.3) is 5.91 Å². The maximum atomic E-state index is 12.7. The maximum absolute atomic E-state index is 12.7. The van der Waals surface area contributed by atoms with E-state index in [1.807, 2.05) is 54.7 Å². The number of nitrogens with zero attached hydrogens (tertiary/aromatic N) is 3. The lowest BCUT2D eigenvalue weighted by Gasteiger charge is -2.15. The van der Waals surface area contributed by atoms with Gasteiger partial charge in [-0.2, -0.15) is 0 Å². The smallest absolute Gasteiger partial charge is 0.251 e. The number of fused-ring (bicyclic) bond motifs is 3. The first-order chi connectivity index (χ1) is 15.2. The first-order valence-electron chi connectivity index (χ1n) is 10.7. The number of nitrogens with two attached hydrogens (primary N) is 1. The number of nitrogen functional groups attached to an aromatic ring is 1. The SMILES string of the molecule is Nc1cccc(-c2nc3cc(C(=O)NCCN4CCCC4)ccc3c3cnccc23)c1. The average Bonchev–Trinajstić information content (AvgIpc) is 3.31. The Hall–Kier alpha value is -3.51. The third kappa shape index (κ3) is 3.94. The minimum Gasteiger partial charge on any atom is -0.399 e. The number of hydrogen-bond acceptors (Lipinski definition) is 5. The normalized spacial score (nSPS) is 14.3. The van der Waals surface area contributed by atoms with Crippen LogP contribution in [0.15, 0.2) is 60.9 Å². The molecule has 31 heavy (non-hydrogen) atoms. The van der Waals surface area contributed by atoms with Crippen LogP contribution in [0.2, 0.25) is 0 Å². The Balaban J connectivity index is 1.50. The number of nitrogens with one attached hydrogen (secondary N) is 1. The number of carbonyl (C=O) groups is 1. The molecule has 0 radical (unpaired) electrons. The highest BCUT2D eigenvalue weighted by atomic mass is 16.1. The van der Waals surface area contributed by atoms with Gasteiger partial charge < -0.3 is 16.0 Å². The zero-order valence-corrected chi connectivity index (χ0v) is 17.3. The molecule has 6 heteroatoms. The van der Waals surface area contributed by atoms with Crippen LogP contribution in [-0.2, 0) is 0 Å². The molecule has 1 saturated heterocycles. The minimum absolute atomic E-state index is 0.0697. The first kappa shape index (κ1) is 19.5.